The van der Waals surface area contributed by atoms with Crippen LogP contribution in [0.2, 0.25) is 0 Å². The van der Waals surface area contributed by atoms with E-state index >= 15 is 0 Å². The number of nitrogens with zero attached hydrogens (tertiary/aromatic N) is 1. The van der Waals surface area contributed by atoms with Crippen molar-refractivity contribution in [2.45, 2.75) is 20.3 Å². The lowest BCUT2D eigenvalue weighted by Crippen LogP contribution is -3.00. The van der Waals surface area contributed by atoms with Gasteiger partial charge in [-0.3, -0.25) is 0 Å². The highest BCUT2D eigenvalue weighted by molar-refractivity contribution is 5.84. The first-order chi connectivity index (χ1) is 5.83. The first kappa shape index (κ1) is 10.3. The van der Waals surface area contributed by atoms with Crippen molar-refractivity contribution in [3.63, 3.8) is 0 Å². The molecule has 1 heterocycles. The fourth-order valence-electron chi connectivity index (χ4n) is 1.94. The Labute approximate surface area is 85.5 Å². The second-order valence-electron chi connectivity index (χ2n) is 3.29. The van der Waals surface area contributed by atoms with E-state index in [-0.39, 0.29) is 12.4 Å². The van der Waals surface area contributed by atoms with Crippen molar-refractivity contribution in [1.82, 2.24) is 0 Å². The molecule has 0 fully saturated rings. The molecule has 0 aromatic heterocycles. The van der Waals surface area contributed by atoms with Crippen LogP contribution in [0.1, 0.15) is 19.4 Å². The summed E-state index contributed by atoms with van der Waals surface area (Å²) in [5.41, 5.74) is 4.34. The summed E-state index contributed by atoms with van der Waals surface area (Å²) in [7, 11) is 0. The Morgan fingerprint density at radius 1 is 1.31 bits per heavy atom. The summed E-state index contributed by atoms with van der Waals surface area (Å²) in [5, 5.41) is 0. The highest BCUT2D eigenvalue weighted by Gasteiger charge is 2.24. The van der Waals surface area contributed by atoms with Gasteiger partial charge in [0, 0.05) is 18.6 Å². The number of hydrogen-bond donors (Lipinski definition) is 0. The van der Waals surface area contributed by atoms with E-state index in [1.165, 1.54) is 17.0 Å². The summed E-state index contributed by atoms with van der Waals surface area (Å²) in [4.78, 5) is 0. The van der Waals surface area contributed by atoms with E-state index in [0.29, 0.717) is 0 Å². The van der Waals surface area contributed by atoms with Crippen LogP contribution in [0.5, 0.6) is 0 Å². The van der Waals surface area contributed by atoms with Gasteiger partial charge in [-0.1, -0.05) is 18.2 Å². The molecule has 0 amide bonds. The van der Waals surface area contributed by atoms with Crippen LogP contribution >= 0.6 is 0 Å². The van der Waals surface area contributed by atoms with Crippen molar-refractivity contribution < 1.29 is 17.0 Å². The smallest absolute Gasteiger partial charge is 0.208 e. The molecule has 0 aliphatic carbocycles. The van der Waals surface area contributed by atoms with Crippen LogP contribution in [0.25, 0.3) is 0 Å². The maximum atomic E-state index is 2.38. The normalized spacial score (nSPS) is 14.0. The lowest BCUT2D eigenvalue weighted by molar-refractivity contribution is -0.433. The van der Waals surface area contributed by atoms with Gasteiger partial charge in [0.2, 0.25) is 5.69 Å². The second kappa shape index (κ2) is 3.93. The molecule has 0 saturated heterocycles. The summed E-state index contributed by atoms with van der Waals surface area (Å²) in [6.07, 6.45) is 1.13. The molecule has 2 rings (SSSR count). The minimum atomic E-state index is 0. The largest absolute Gasteiger partial charge is 1.00 e. The molecule has 13 heavy (non-hydrogen) atoms. The summed E-state index contributed by atoms with van der Waals surface area (Å²) < 4.78 is 2.38. The van der Waals surface area contributed by atoms with Crippen LogP contribution in [0.4, 0.5) is 5.69 Å². The fraction of sp³-hybridized carbons (Fsp3) is 0.364. The summed E-state index contributed by atoms with van der Waals surface area (Å²) in [5.74, 6) is 0. The SMILES string of the molecule is CC[N+]1=C(C)Cc2ccccc21.[Cl-]. The van der Waals surface area contributed by atoms with E-state index in [9.17, 15) is 0 Å². The van der Waals surface area contributed by atoms with E-state index in [4.69, 9.17) is 0 Å². The van der Waals surface area contributed by atoms with E-state index in [1.54, 1.807) is 0 Å². The van der Waals surface area contributed by atoms with Gasteiger partial charge in [-0.15, -0.1) is 0 Å². The van der Waals surface area contributed by atoms with Crippen LogP contribution in [0, 0.1) is 0 Å². The quantitative estimate of drug-likeness (QED) is 0.526. The predicted octanol–water partition coefficient (Wildman–Crippen LogP) is -0.628. The topological polar surface area (TPSA) is 3.01 Å². The molecule has 0 saturated carbocycles. The van der Waals surface area contributed by atoms with Crippen LogP contribution in [0.15, 0.2) is 24.3 Å². The van der Waals surface area contributed by atoms with Crippen molar-refractivity contribution in [2.24, 2.45) is 0 Å². The second-order valence-corrected chi connectivity index (χ2v) is 3.29. The standard InChI is InChI=1S/C11H14N.ClH/c1-3-12-9(2)8-10-6-4-5-7-11(10)12;/h4-7H,3,8H2,1-2H3;1H/q+1;/p-1. The molecule has 1 nitrogen and oxygen atoms in total. The third kappa shape index (κ3) is 1.61. The molecular weight excluding hydrogens is 182 g/mol. The molecule has 70 valence electrons. The molecule has 0 bridgehead atoms. The van der Waals surface area contributed by atoms with Gasteiger partial charge < -0.3 is 12.4 Å². The Bertz CT molecular complexity index is 342. The highest BCUT2D eigenvalue weighted by Crippen LogP contribution is 2.25. The van der Waals surface area contributed by atoms with Gasteiger partial charge in [-0.05, 0) is 6.92 Å². The van der Waals surface area contributed by atoms with Crippen molar-refractivity contribution >= 4 is 11.4 Å². The van der Waals surface area contributed by atoms with Gasteiger partial charge in [-0.2, -0.15) is 4.58 Å². The Morgan fingerprint density at radius 2 is 2.00 bits per heavy atom. The lowest BCUT2D eigenvalue weighted by atomic mass is 10.1. The number of fused-ring (bicyclic) bond motifs is 1. The van der Waals surface area contributed by atoms with Crippen molar-refractivity contribution in [3.05, 3.63) is 29.8 Å². The molecule has 0 unspecified atom stereocenters. The first-order valence-corrected chi connectivity index (χ1v) is 4.51. The minimum Gasteiger partial charge on any atom is -1.00 e. The van der Waals surface area contributed by atoms with E-state index in [2.05, 4.69) is 42.7 Å². The van der Waals surface area contributed by atoms with Gasteiger partial charge in [0.15, 0.2) is 5.71 Å². The molecule has 2 heteroatoms. The van der Waals surface area contributed by atoms with Gasteiger partial charge in [0.1, 0.15) is 6.54 Å². The highest BCUT2D eigenvalue weighted by atomic mass is 35.5. The molecular formula is C11H14ClN. The van der Waals surface area contributed by atoms with Crippen molar-refractivity contribution in [3.8, 4) is 0 Å². The first-order valence-electron chi connectivity index (χ1n) is 4.51. The zero-order valence-electron chi connectivity index (χ0n) is 8.05. The van der Waals surface area contributed by atoms with Gasteiger partial charge in [-0.25, -0.2) is 0 Å². The molecule has 0 atom stereocenters. The monoisotopic (exact) mass is 195 g/mol. The molecule has 1 aliphatic heterocycles. The minimum absolute atomic E-state index is 0. The zero-order valence-corrected chi connectivity index (χ0v) is 8.80. The van der Waals surface area contributed by atoms with E-state index < -0.39 is 0 Å². The van der Waals surface area contributed by atoms with Crippen LogP contribution in [0.3, 0.4) is 0 Å². The summed E-state index contributed by atoms with van der Waals surface area (Å²) in [6.45, 7) is 5.50. The Morgan fingerprint density at radius 3 is 2.69 bits per heavy atom. The number of benzene rings is 1. The maximum absolute atomic E-state index is 2.38. The van der Waals surface area contributed by atoms with Gasteiger partial charge in [0.05, 0.1) is 6.42 Å². The number of hydrogen-bond acceptors (Lipinski definition) is 0. The molecule has 1 aliphatic rings. The summed E-state index contributed by atoms with van der Waals surface area (Å²) >= 11 is 0. The number of rotatable bonds is 1. The van der Waals surface area contributed by atoms with E-state index in [1.807, 2.05) is 0 Å². The van der Waals surface area contributed by atoms with Crippen molar-refractivity contribution in [2.75, 3.05) is 6.54 Å². The third-order valence-corrected chi connectivity index (χ3v) is 2.51. The molecule has 1 aromatic carbocycles. The Hall–Kier alpha value is -0.820. The Balaban J connectivity index is 0.000000845. The van der Waals surface area contributed by atoms with Gasteiger partial charge in [0.25, 0.3) is 0 Å². The van der Waals surface area contributed by atoms with Crippen LogP contribution in [-0.4, -0.2) is 16.8 Å². The molecule has 0 spiro atoms. The predicted molar refractivity (Wildman–Crippen MR) is 51.3 cm³/mol. The summed E-state index contributed by atoms with van der Waals surface area (Å²) in [6, 6.07) is 8.65. The average Bonchev–Trinajstić information content (AvgIpc) is 2.40. The molecule has 0 N–H and O–H groups in total. The maximum Gasteiger partial charge on any atom is 0.208 e. The van der Waals surface area contributed by atoms with Crippen molar-refractivity contribution in [1.29, 1.82) is 0 Å². The fourth-order valence-corrected chi connectivity index (χ4v) is 1.94. The number of halogens is 1. The third-order valence-electron chi connectivity index (χ3n) is 2.51. The Kier molecular flexibility index (Phi) is 3.10. The average molecular weight is 196 g/mol. The number of para-hydroxylation sites is 1. The van der Waals surface area contributed by atoms with Crippen LogP contribution in [-0.2, 0) is 6.42 Å². The van der Waals surface area contributed by atoms with Gasteiger partial charge >= 0.3 is 0 Å². The van der Waals surface area contributed by atoms with E-state index in [0.717, 1.165) is 13.0 Å². The zero-order chi connectivity index (χ0) is 8.55. The lowest BCUT2D eigenvalue weighted by Gasteiger charge is -1.96. The molecule has 1 aromatic rings. The van der Waals surface area contributed by atoms with Crippen LogP contribution < -0.4 is 12.4 Å². The molecule has 0 radical (unpaired) electrons.